The summed E-state index contributed by atoms with van der Waals surface area (Å²) < 4.78 is 26.2. The van der Waals surface area contributed by atoms with Crippen molar-refractivity contribution < 1.29 is 18.0 Å². The predicted molar refractivity (Wildman–Crippen MR) is 113 cm³/mol. The van der Waals surface area contributed by atoms with E-state index >= 15 is 0 Å². The average molecular weight is 415 g/mol. The van der Waals surface area contributed by atoms with E-state index in [9.17, 15) is 18.0 Å². The van der Waals surface area contributed by atoms with Crippen LogP contribution in [0.2, 0.25) is 0 Å². The van der Waals surface area contributed by atoms with Gasteiger partial charge in [0.2, 0.25) is 15.9 Å². The number of ketones is 1. The van der Waals surface area contributed by atoms with Gasteiger partial charge in [0, 0.05) is 30.6 Å². The summed E-state index contributed by atoms with van der Waals surface area (Å²) in [5.74, 6) is -0.166. The van der Waals surface area contributed by atoms with Gasteiger partial charge >= 0.3 is 0 Å². The maximum absolute atomic E-state index is 12.7. The van der Waals surface area contributed by atoms with Gasteiger partial charge < -0.3 is 4.90 Å². The smallest absolute Gasteiger partial charge is 0.240 e. The van der Waals surface area contributed by atoms with Crippen LogP contribution in [0, 0.1) is 0 Å². The predicted octanol–water partition coefficient (Wildman–Crippen LogP) is 3.10. The molecule has 0 fully saturated rings. The maximum Gasteiger partial charge on any atom is 0.240 e. The molecule has 154 valence electrons. The first-order valence-electron chi connectivity index (χ1n) is 9.84. The molecule has 1 N–H and O–H groups in total. The summed E-state index contributed by atoms with van der Waals surface area (Å²) in [5, 5.41) is 0. The molecule has 0 aromatic heterocycles. The van der Waals surface area contributed by atoms with Crippen molar-refractivity contribution in [2.45, 2.75) is 43.9 Å². The number of Topliss-reactive ketones (excluding diaryl/α,β-unsaturated/α-hetero) is 1. The molecule has 2 aromatic carbocycles. The van der Waals surface area contributed by atoms with E-state index in [1.807, 2.05) is 24.3 Å². The lowest BCUT2D eigenvalue weighted by Crippen LogP contribution is -2.29. The van der Waals surface area contributed by atoms with E-state index in [4.69, 9.17) is 0 Å². The first kappa shape index (κ1) is 21.2. The van der Waals surface area contributed by atoms with Crippen LogP contribution < -0.4 is 9.62 Å². The number of aryl methyl sites for hydroxylation is 1. The van der Waals surface area contributed by atoms with E-state index in [1.165, 1.54) is 18.7 Å². The van der Waals surface area contributed by atoms with E-state index in [0.717, 1.165) is 24.1 Å². The quantitative estimate of drug-likeness (QED) is 0.673. The molecule has 0 spiro atoms. The second-order valence-corrected chi connectivity index (χ2v) is 9.05. The minimum Gasteiger partial charge on any atom is -0.312 e. The maximum atomic E-state index is 12.7. The van der Waals surface area contributed by atoms with Crippen molar-refractivity contribution in [2.75, 3.05) is 18.5 Å². The summed E-state index contributed by atoms with van der Waals surface area (Å²) in [5.41, 5.74) is 3.38. The Balaban J connectivity index is 1.63. The third-order valence-corrected chi connectivity index (χ3v) is 6.62. The van der Waals surface area contributed by atoms with Crippen LogP contribution in [-0.4, -0.2) is 33.7 Å². The molecule has 0 saturated heterocycles. The van der Waals surface area contributed by atoms with Crippen LogP contribution in [0.4, 0.5) is 5.69 Å². The number of amides is 1. The Morgan fingerprint density at radius 1 is 1.07 bits per heavy atom. The van der Waals surface area contributed by atoms with Crippen LogP contribution in [0.5, 0.6) is 0 Å². The van der Waals surface area contributed by atoms with E-state index in [-0.39, 0.29) is 29.4 Å². The summed E-state index contributed by atoms with van der Waals surface area (Å²) in [4.78, 5) is 26.9. The van der Waals surface area contributed by atoms with Crippen LogP contribution in [0.25, 0.3) is 0 Å². The number of rotatable bonds is 8. The third kappa shape index (κ3) is 4.74. The van der Waals surface area contributed by atoms with Crippen LogP contribution >= 0.6 is 0 Å². The molecule has 29 heavy (non-hydrogen) atoms. The highest BCUT2D eigenvalue weighted by Crippen LogP contribution is 2.31. The molecule has 1 aliphatic heterocycles. The van der Waals surface area contributed by atoms with Gasteiger partial charge in [0.15, 0.2) is 5.78 Å². The van der Waals surface area contributed by atoms with Gasteiger partial charge in [-0.25, -0.2) is 13.1 Å². The lowest BCUT2D eigenvalue weighted by Gasteiger charge is -2.17. The van der Waals surface area contributed by atoms with Crippen LogP contribution in [-0.2, 0) is 27.7 Å². The molecule has 7 heteroatoms. The van der Waals surface area contributed by atoms with Gasteiger partial charge in [-0.15, -0.1) is 0 Å². The Labute approximate surface area is 172 Å². The molecular formula is C22H26N2O4S. The van der Waals surface area contributed by atoms with Gasteiger partial charge in [0.1, 0.15) is 0 Å². The molecule has 6 nitrogen and oxygen atoms in total. The molecule has 0 atom stereocenters. The number of nitrogens with one attached hydrogen (secondary N) is 1. The van der Waals surface area contributed by atoms with Crippen molar-refractivity contribution in [1.82, 2.24) is 4.72 Å². The monoisotopic (exact) mass is 414 g/mol. The molecule has 0 saturated carbocycles. The molecule has 3 rings (SSSR count). The summed E-state index contributed by atoms with van der Waals surface area (Å²) in [6.45, 7) is 2.61. The second-order valence-electron chi connectivity index (χ2n) is 7.16. The summed E-state index contributed by atoms with van der Waals surface area (Å²) in [7, 11) is -2.15. The van der Waals surface area contributed by atoms with Crippen LogP contribution in [0.15, 0.2) is 47.4 Å². The fraction of sp³-hybridized carbons (Fsp3) is 0.364. The number of anilines is 1. The van der Waals surface area contributed by atoms with Gasteiger partial charge in [0.25, 0.3) is 0 Å². The topological polar surface area (TPSA) is 83.6 Å². The van der Waals surface area contributed by atoms with E-state index in [1.54, 1.807) is 17.0 Å². The van der Waals surface area contributed by atoms with E-state index < -0.39 is 10.0 Å². The van der Waals surface area contributed by atoms with Gasteiger partial charge in [-0.1, -0.05) is 37.6 Å². The number of sulfonamides is 1. The Morgan fingerprint density at radius 2 is 1.79 bits per heavy atom. The summed E-state index contributed by atoms with van der Waals surface area (Å²) in [6, 6.07) is 12.4. The Bertz CT molecular complexity index is 1010. The van der Waals surface area contributed by atoms with Crippen LogP contribution in [0.3, 0.4) is 0 Å². The molecule has 0 bridgehead atoms. The molecule has 0 radical (unpaired) electrons. The highest BCUT2D eigenvalue weighted by atomic mass is 32.2. The molecule has 1 heterocycles. The number of benzene rings is 2. The fourth-order valence-electron chi connectivity index (χ4n) is 3.57. The number of nitrogens with zero attached hydrogens (tertiary/aromatic N) is 1. The first-order valence-corrected chi connectivity index (χ1v) is 11.3. The second kappa shape index (κ2) is 8.88. The largest absolute Gasteiger partial charge is 0.312 e. The lowest BCUT2D eigenvalue weighted by molar-refractivity contribution is -0.118. The zero-order valence-electron chi connectivity index (χ0n) is 16.8. The number of hydrogen-bond acceptors (Lipinski definition) is 4. The highest BCUT2D eigenvalue weighted by Gasteiger charge is 2.26. The van der Waals surface area contributed by atoms with Crippen molar-refractivity contribution in [1.29, 1.82) is 0 Å². The molecule has 0 unspecified atom stereocenters. The summed E-state index contributed by atoms with van der Waals surface area (Å²) >= 11 is 0. The van der Waals surface area contributed by atoms with Crippen molar-refractivity contribution in [3.05, 3.63) is 59.2 Å². The summed E-state index contributed by atoms with van der Waals surface area (Å²) in [6.07, 6.45) is 2.93. The lowest BCUT2D eigenvalue weighted by atomic mass is 10.0. The molecule has 0 aliphatic carbocycles. The van der Waals surface area contributed by atoms with E-state index in [2.05, 4.69) is 11.6 Å². The highest BCUT2D eigenvalue weighted by molar-refractivity contribution is 7.89. The Hall–Kier alpha value is -2.51. The number of hydrogen-bond donors (Lipinski definition) is 1. The van der Waals surface area contributed by atoms with Gasteiger partial charge in [-0.05, 0) is 49.2 Å². The van der Waals surface area contributed by atoms with Crippen molar-refractivity contribution in [2.24, 2.45) is 0 Å². The van der Waals surface area contributed by atoms with Crippen molar-refractivity contribution >= 4 is 27.4 Å². The number of carbonyl (C=O) groups excluding carboxylic acids is 2. The van der Waals surface area contributed by atoms with E-state index in [0.29, 0.717) is 18.5 Å². The minimum atomic E-state index is -3.51. The number of carbonyl (C=O) groups is 2. The zero-order chi connectivity index (χ0) is 21.0. The minimum absolute atomic E-state index is 0.0451. The average Bonchev–Trinajstić information content (AvgIpc) is 3.16. The van der Waals surface area contributed by atoms with Crippen molar-refractivity contribution in [3.8, 4) is 0 Å². The molecule has 1 amide bonds. The first-order chi connectivity index (χ1) is 13.9. The third-order valence-electron chi connectivity index (χ3n) is 5.21. The van der Waals surface area contributed by atoms with Gasteiger partial charge in [-0.3, -0.25) is 9.59 Å². The Morgan fingerprint density at radius 3 is 2.45 bits per heavy atom. The standard InChI is InChI=1S/C22H26N2O4S/c1-3-4-16-5-7-17(8-6-16)21(25)11-12-22(26)24-14-13-18-15-19(9-10-20(18)24)29(27,28)23-2/h5-10,15,23H,3-4,11-14H2,1-2H3. The molecular weight excluding hydrogens is 388 g/mol. The van der Waals surface area contributed by atoms with Gasteiger partial charge in [0.05, 0.1) is 4.90 Å². The van der Waals surface area contributed by atoms with Gasteiger partial charge in [-0.2, -0.15) is 0 Å². The molecule has 2 aromatic rings. The normalized spacial score (nSPS) is 13.4. The van der Waals surface area contributed by atoms with Crippen LogP contribution in [0.1, 0.15) is 47.7 Å². The Kier molecular flexibility index (Phi) is 6.49. The number of fused-ring (bicyclic) bond motifs is 1. The zero-order valence-corrected chi connectivity index (χ0v) is 17.6. The van der Waals surface area contributed by atoms with Crippen molar-refractivity contribution in [3.63, 3.8) is 0 Å². The molecule has 1 aliphatic rings. The SMILES string of the molecule is CCCc1ccc(C(=O)CCC(=O)N2CCc3cc(S(=O)(=O)NC)ccc32)cc1. The fourth-order valence-corrected chi connectivity index (χ4v) is 4.35.